The first kappa shape index (κ1) is 12.2. The van der Waals surface area contributed by atoms with Crippen LogP contribution in [0.25, 0.3) is 10.9 Å². The zero-order chi connectivity index (χ0) is 12.3. The minimum atomic E-state index is -0.922. The average molecular weight is 248 g/mol. The number of benzene rings is 1. The number of rotatable bonds is 4. The molecule has 1 aromatic carbocycles. The lowest BCUT2D eigenvalue weighted by atomic mass is 10.1. The highest BCUT2D eigenvalue weighted by molar-refractivity contribution is 7.84. The van der Waals surface area contributed by atoms with Crippen molar-refractivity contribution < 1.29 is 4.21 Å². The van der Waals surface area contributed by atoms with E-state index in [9.17, 15) is 4.21 Å². The highest BCUT2D eigenvalue weighted by Crippen LogP contribution is 2.17. The summed E-state index contributed by atoms with van der Waals surface area (Å²) in [6.45, 7) is 1.87. The SMILES string of the molecule is CC(N)CS(=O)Cc1cccc2cccnc12. The Hall–Kier alpha value is -1.26. The molecule has 2 atom stereocenters. The fourth-order valence-corrected chi connectivity index (χ4v) is 3.09. The third-order valence-corrected chi connectivity index (χ3v) is 4.01. The Bertz CT molecular complexity index is 534. The molecule has 0 spiro atoms. The van der Waals surface area contributed by atoms with Gasteiger partial charge in [0.15, 0.2) is 0 Å². The van der Waals surface area contributed by atoms with Gasteiger partial charge in [0.25, 0.3) is 0 Å². The lowest BCUT2D eigenvalue weighted by Crippen LogP contribution is -2.23. The van der Waals surface area contributed by atoms with Gasteiger partial charge in [0, 0.05) is 34.2 Å². The summed E-state index contributed by atoms with van der Waals surface area (Å²) < 4.78 is 11.9. The van der Waals surface area contributed by atoms with Crippen LogP contribution in [0.3, 0.4) is 0 Å². The van der Waals surface area contributed by atoms with Crippen LogP contribution in [-0.4, -0.2) is 21.0 Å². The van der Waals surface area contributed by atoms with Crippen LogP contribution >= 0.6 is 0 Å². The van der Waals surface area contributed by atoms with Crippen LogP contribution in [0.2, 0.25) is 0 Å². The highest BCUT2D eigenvalue weighted by atomic mass is 32.2. The predicted molar refractivity (Wildman–Crippen MR) is 72.1 cm³/mol. The van der Waals surface area contributed by atoms with Crippen LogP contribution < -0.4 is 5.73 Å². The fourth-order valence-electron chi connectivity index (χ4n) is 1.81. The molecular formula is C13H16N2OS. The van der Waals surface area contributed by atoms with E-state index in [0.717, 1.165) is 16.5 Å². The third-order valence-electron chi connectivity index (χ3n) is 2.48. The molecule has 0 aliphatic heterocycles. The summed E-state index contributed by atoms with van der Waals surface area (Å²) in [4.78, 5) is 4.35. The Kier molecular flexibility index (Phi) is 3.86. The summed E-state index contributed by atoms with van der Waals surface area (Å²) in [5.74, 6) is 1.05. The van der Waals surface area contributed by atoms with Crippen molar-refractivity contribution in [3.05, 3.63) is 42.1 Å². The lowest BCUT2D eigenvalue weighted by molar-refractivity contribution is 0.676. The summed E-state index contributed by atoms with van der Waals surface area (Å²) in [5, 5.41) is 1.09. The summed E-state index contributed by atoms with van der Waals surface area (Å²) in [7, 11) is -0.922. The summed E-state index contributed by atoms with van der Waals surface area (Å²) in [6.07, 6.45) is 1.76. The molecule has 0 radical (unpaired) electrons. The van der Waals surface area contributed by atoms with E-state index in [1.54, 1.807) is 6.20 Å². The molecule has 4 heteroatoms. The molecule has 2 rings (SSSR count). The van der Waals surface area contributed by atoms with E-state index >= 15 is 0 Å². The maximum absolute atomic E-state index is 11.9. The van der Waals surface area contributed by atoms with Crippen LogP contribution in [0.1, 0.15) is 12.5 Å². The molecule has 0 amide bonds. The second-order valence-corrected chi connectivity index (χ2v) is 5.72. The number of fused-ring (bicyclic) bond motifs is 1. The van der Waals surface area contributed by atoms with Gasteiger partial charge in [0.2, 0.25) is 0 Å². The summed E-state index contributed by atoms with van der Waals surface area (Å²) in [5.41, 5.74) is 7.62. The van der Waals surface area contributed by atoms with Crippen molar-refractivity contribution in [2.45, 2.75) is 18.7 Å². The molecule has 0 saturated heterocycles. The molecule has 90 valence electrons. The van der Waals surface area contributed by atoms with Gasteiger partial charge in [-0.15, -0.1) is 0 Å². The first-order chi connectivity index (χ1) is 8.16. The molecule has 1 aromatic heterocycles. The van der Waals surface area contributed by atoms with E-state index < -0.39 is 10.8 Å². The molecule has 2 N–H and O–H groups in total. The van der Waals surface area contributed by atoms with Crippen molar-refractivity contribution in [3.63, 3.8) is 0 Å². The minimum Gasteiger partial charge on any atom is -0.327 e. The zero-order valence-corrected chi connectivity index (χ0v) is 10.6. The van der Waals surface area contributed by atoms with Gasteiger partial charge in [-0.2, -0.15) is 0 Å². The van der Waals surface area contributed by atoms with Gasteiger partial charge in [-0.25, -0.2) is 0 Å². The fraction of sp³-hybridized carbons (Fsp3) is 0.308. The minimum absolute atomic E-state index is 0.0289. The molecule has 0 saturated carbocycles. The number of hydrogen-bond acceptors (Lipinski definition) is 3. The van der Waals surface area contributed by atoms with E-state index in [0.29, 0.717) is 11.5 Å². The van der Waals surface area contributed by atoms with E-state index in [-0.39, 0.29) is 6.04 Å². The second-order valence-electron chi connectivity index (χ2n) is 4.22. The molecular weight excluding hydrogens is 232 g/mol. The molecule has 1 heterocycles. The van der Waals surface area contributed by atoms with Crippen LogP contribution in [-0.2, 0) is 16.6 Å². The van der Waals surface area contributed by atoms with Gasteiger partial charge in [-0.05, 0) is 18.6 Å². The molecule has 0 aliphatic rings. The normalized spacial score (nSPS) is 14.7. The van der Waals surface area contributed by atoms with E-state index in [1.807, 2.05) is 37.3 Å². The van der Waals surface area contributed by atoms with Gasteiger partial charge >= 0.3 is 0 Å². The van der Waals surface area contributed by atoms with Crippen molar-refractivity contribution in [2.75, 3.05) is 5.75 Å². The lowest BCUT2D eigenvalue weighted by Gasteiger charge is -2.07. The molecule has 2 unspecified atom stereocenters. The topological polar surface area (TPSA) is 56.0 Å². The number of nitrogens with two attached hydrogens (primary N) is 1. The second kappa shape index (κ2) is 5.38. The van der Waals surface area contributed by atoms with Gasteiger partial charge in [-0.1, -0.05) is 24.3 Å². The van der Waals surface area contributed by atoms with Gasteiger partial charge < -0.3 is 5.73 Å². The van der Waals surface area contributed by atoms with Gasteiger partial charge in [-0.3, -0.25) is 9.19 Å². The van der Waals surface area contributed by atoms with E-state index in [4.69, 9.17) is 5.73 Å². The van der Waals surface area contributed by atoms with Crippen molar-refractivity contribution in [3.8, 4) is 0 Å². The van der Waals surface area contributed by atoms with Crippen LogP contribution in [0.5, 0.6) is 0 Å². The van der Waals surface area contributed by atoms with Crippen LogP contribution in [0, 0.1) is 0 Å². The number of aromatic nitrogens is 1. The standard InChI is InChI=1S/C13H16N2OS/c1-10(14)8-17(16)9-12-5-2-4-11-6-3-7-15-13(11)12/h2-7,10H,8-9,14H2,1H3. The van der Waals surface area contributed by atoms with E-state index in [2.05, 4.69) is 4.98 Å². The van der Waals surface area contributed by atoms with Crippen molar-refractivity contribution in [1.82, 2.24) is 4.98 Å². The Morgan fingerprint density at radius 1 is 1.35 bits per heavy atom. The summed E-state index contributed by atoms with van der Waals surface area (Å²) in [6, 6.07) is 9.86. The number of hydrogen-bond donors (Lipinski definition) is 1. The highest BCUT2D eigenvalue weighted by Gasteiger charge is 2.08. The summed E-state index contributed by atoms with van der Waals surface area (Å²) >= 11 is 0. The van der Waals surface area contributed by atoms with Crippen LogP contribution in [0.15, 0.2) is 36.5 Å². The monoisotopic (exact) mass is 248 g/mol. The van der Waals surface area contributed by atoms with Gasteiger partial charge in [0.1, 0.15) is 0 Å². The van der Waals surface area contributed by atoms with Crippen LogP contribution in [0.4, 0.5) is 0 Å². The molecule has 3 nitrogen and oxygen atoms in total. The predicted octanol–water partition coefficient (Wildman–Crippen LogP) is 1.83. The van der Waals surface area contributed by atoms with Crippen molar-refractivity contribution in [1.29, 1.82) is 0 Å². The van der Waals surface area contributed by atoms with Crippen molar-refractivity contribution >= 4 is 21.7 Å². The molecule has 17 heavy (non-hydrogen) atoms. The largest absolute Gasteiger partial charge is 0.327 e. The number of para-hydroxylation sites is 1. The Labute approximate surface area is 104 Å². The maximum Gasteiger partial charge on any atom is 0.0743 e. The number of pyridine rings is 1. The molecule has 2 aromatic rings. The maximum atomic E-state index is 11.9. The molecule has 0 fully saturated rings. The Morgan fingerprint density at radius 3 is 2.88 bits per heavy atom. The zero-order valence-electron chi connectivity index (χ0n) is 9.80. The Morgan fingerprint density at radius 2 is 2.12 bits per heavy atom. The molecule has 0 bridgehead atoms. The number of nitrogens with zero attached hydrogens (tertiary/aromatic N) is 1. The first-order valence-corrected chi connectivity index (χ1v) is 7.09. The first-order valence-electron chi connectivity index (χ1n) is 5.60. The average Bonchev–Trinajstić information content (AvgIpc) is 2.28. The third kappa shape index (κ3) is 3.11. The van der Waals surface area contributed by atoms with Gasteiger partial charge in [0.05, 0.1) is 11.3 Å². The molecule has 0 aliphatic carbocycles. The Balaban J connectivity index is 2.27. The smallest absolute Gasteiger partial charge is 0.0743 e. The van der Waals surface area contributed by atoms with Crippen molar-refractivity contribution in [2.24, 2.45) is 5.73 Å². The quantitative estimate of drug-likeness (QED) is 0.898. The van der Waals surface area contributed by atoms with E-state index in [1.165, 1.54) is 0 Å².